The summed E-state index contributed by atoms with van der Waals surface area (Å²) in [6.07, 6.45) is 1.70. The number of nitrogens with zero attached hydrogens (tertiary/aromatic N) is 3. The molecule has 0 spiro atoms. The van der Waals surface area contributed by atoms with Gasteiger partial charge in [-0.1, -0.05) is 35.1 Å². The number of benzene rings is 1. The number of fused-ring (bicyclic) bond motifs is 1. The highest BCUT2D eigenvalue weighted by atomic mass is 35.5. The molecular formula is C13H8ClN3O2S. The molecule has 0 aliphatic rings. The largest absolute Gasteiger partial charge is 0.295 e. The Morgan fingerprint density at radius 1 is 1.35 bits per heavy atom. The second-order valence-electron chi connectivity index (χ2n) is 4.17. The first-order valence-electron chi connectivity index (χ1n) is 5.72. The number of rotatable bonds is 1. The van der Waals surface area contributed by atoms with Gasteiger partial charge >= 0.3 is 0 Å². The molecule has 0 amide bonds. The quantitative estimate of drug-likeness (QED) is 0.673. The zero-order valence-electron chi connectivity index (χ0n) is 10.3. The minimum absolute atomic E-state index is 0.201. The van der Waals surface area contributed by atoms with Gasteiger partial charge in [0.1, 0.15) is 5.69 Å². The summed E-state index contributed by atoms with van der Waals surface area (Å²) in [5, 5.41) is 4.54. The monoisotopic (exact) mass is 305 g/mol. The fourth-order valence-corrected chi connectivity index (χ4v) is 2.84. The van der Waals surface area contributed by atoms with Crippen LogP contribution >= 0.6 is 22.9 Å². The van der Waals surface area contributed by atoms with Crippen LogP contribution in [0.3, 0.4) is 0 Å². The van der Waals surface area contributed by atoms with Gasteiger partial charge in [0, 0.05) is 5.02 Å². The molecule has 0 N–H and O–H groups in total. The Kier molecular flexibility index (Phi) is 3.11. The average molecular weight is 306 g/mol. The number of aromatic nitrogens is 3. The summed E-state index contributed by atoms with van der Waals surface area (Å²) in [7, 11) is 0. The van der Waals surface area contributed by atoms with Crippen molar-refractivity contribution >= 4 is 34.0 Å². The van der Waals surface area contributed by atoms with E-state index in [2.05, 4.69) is 10.1 Å². The molecule has 2 heterocycles. The SMILES string of the molecule is Cc1nn2c(=O)c(=Cc3cccc(Cl)c3)sc2nc1=O. The third-order valence-corrected chi connectivity index (χ3v) is 3.88. The van der Waals surface area contributed by atoms with Crippen molar-refractivity contribution in [1.82, 2.24) is 14.6 Å². The first-order chi connectivity index (χ1) is 9.54. The molecule has 0 radical (unpaired) electrons. The molecule has 0 saturated carbocycles. The maximum atomic E-state index is 12.2. The van der Waals surface area contributed by atoms with Crippen LogP contribution in [0.25, 0.3) is 11.0 Å². The fourth-order valence-electron chi connectivity index (χ4n) is 1.73. The summed E-state index contributed by atoms with van der Waals surface area (Å²) in [6.45, 7) is 1.53. The Hall–Kier alpha value is -2.05. The second-order valence-corrected chi connectivity index (χ2v) is 5.61. The zero-order valence-corrected chi connectivity index (χ0v) is 11.9. The molecule has 1 aromatic carbocycles. The molecule has 3 rings (SSSR count). The van der Waals surface area contributed by atoms with Crippen LogP contribution in [0.5, 0.6) is 0 Å². The molecule has 100 valence electrons. The van der Waals surface area contributed by atoms with E-state index in [1.165, 1.54) is 6.92 Å². The lowest BCUT2D eigenvalue weighted by atomic mass is 10.2. The standard InChI is InChI=1S/C13H8ClN3O2S/c1-7-11(18)15-13-17(16-7)12(19)10(20-13)6-8-3-2-4-9(14)5-8/h2-6H,1H3. The molecule has 3 aromatic rings. The topological polar surface area (TPSA) is 64.3 Å². The van der Waals surface area contributed by atoms with Gasteiger partial charge in [-0.05, 0) is 30.7 Å². The van der Waals surface area contributed by atoms with E-state index in [1.54, 1.807) is 24.3 Å². The van der Waals surface area contributed by atoms with E-state index in [0.29, 0.717) is 14.5 Å². The van der Waals surface area contributed by atoms with Crippen LogP contribution in [-0.2, 0) is 0 Å². The Morgan fingerprint density at radius 3 is 2.90 bits per heavy atom. The average Bonchev–Trinajstić information content (AvgIpc) is 2.68. The van der Waals surface area contributed by atoms with Crippen LogP contribution in [0.1, 0.15) is 11.3 Å². The third kappa shape index (κ3) is 2.23. The minimum atomic E-state index is -0.416. The summed E-state index contributed by atoms with van der Waals surface area (Å²) < 4.78 is 1.61. The van der Waals surface area contributed by atoms with Gasteiger partial charge in [0.25, 0.3) is 11.1 Å². The lowest BCUT2D eigenvalue weighted by Crippen LogP contribution is -2.27. The minimum Gasteiger partial charge on any atom is -0.266 e. The number of thiazole rings is 1. The molecular weight excluding hydrogens is 298 g/mol. The molecule has 2 aromatic heterocycles. The van der Waals surface area contributed by atoms with Crippen LogP contribution in [0, 0.1) is 6.92 Å². The third-order valence-electron chi connectivity index (χ3n) is 2.69. The highest BCUT2D eigenvalue weighted by molar-refractivity contribution is 7.15. The van der Waals surface area contributed by atoms with Gasteiger partial charge in [-0.2, -0.15) is 14.6 Å². The van der Waals surface area contributed by atoms with Crippen molar-refractivity contribution in [2.24, 2.45) is 0 Å². The maximum absolute atomic E-state index is 12.2. The number of hydrogen-bond donors (Lipinski definition) is 0. The van der Waals surface area contributed by atoms with Crippen LogP contribution in [0.4, 0.5) is 0 Å². The molecule has 0 bridgehead atoms. The second kappa shape index (κ2) is 4.81. The van der Waals surface area contributed by atoms with Crippen molar-refractivity contribution in [3.05, 3.63) is 65.8 Å². The van der Waals surface area contributed by atoms with Crippen LogP contribution in [-0.4, -0.2) is 14.6 Å². The van der Waals surface area contributed by atoms with Crippen LogP contribution in [0.15, 0.2) is 33.9 Å². The Balaban J connectivity index is 2.30. The first-order valence-corrected chi connectivity index (χ1v) is 6.92. The van der Waals surface area contributed by atoms with E-state index >= 15 is 0 Å². The van der Waals surface area contributed by atoms with Crippen LogP contribution < -0.4 is 15.7 Å². The van der Waals surface area contributed by atoms with E-state index in [0.717, 1.165) is 21.4 Å². The van der Waals surface area contributed by atoms with Crippen molar-refractivity contribution in [2.75, 3.05) is 0 Å². The summed E-state index contributed by atoms with van der Waals surface area (Å²) in [6, 6.07) is 7.15. The van der Waals surface area contributed by atoms with Gasteiger partial charge in [-0.25, -0.2) is 0 Å². The van der Waals surface area contributed by atoms with Gasteiger partial charge in [0.2, 0.25) is 4.96 Å². The summed E-state index contributed by atoms with van der Waals surface area (Å²) in [5.74, 6) is 0. The molecule has 0 atom stereocenters. The molecule has 0 aliphatic carbocycles. The van der Waals surface area contributed by atoms with Crippen LogP contribution in [0.2, 0.25) is 5.02 Å². The molecule has 0 fully saturated rings. The van der Waals surface area contributed by atoms with Gasteiger partial charge in [0.05, 0.1) is 4.53 Å². The maximum Gasteiger partial charge on any atom is 0.295 e. The van der Waals surface area contributed by atoms with Crippen molar-refractivity contribution in [3.63, 3.8) is 0 Å². The lowest BCUT2D eigenvalue weighted by molar-refractivity contribution is 0.833. The lowest BCUT2D eigenvalue weighted by Gasteiger charge is -1.91. The smallest absolute Gasteiger partial charge is 0.266 e. The highest BCUT2D eigenvalue weighted by Crippen LogP contribution is 2.11. The van der Waals surface area contributed by atoms with Gasteiger partial charge in [-0.15, -0.1) is 0 Å². The first kappa shape index (κ1) is 13.0. The Morgan fingerprint density at radius 2 is 2.15 bits per heavy atom. The van der Waals surface area contributed by atoms with Gasteiger partial charge < -0.3 is 0 Å². The van der Waals surface area contributed by atoms with Crippen molar-refractivity contribution in [1.29, 1.82) is 0 Å². The highest BCUT2D eigenvalue weighted by Gasteiger charge is 2.08. The number of aryl methyl sites for hydroxylation is 1. The molecule has 20 heavy (non-hydrogen) atoms. The molecule has 5 nitrogen and oxygen atoms in total. The predicted octanol–water partition coefficient (Wildman–Crippen LogP) is 1.02. The van der Waals surface area contributed by atoms with Crippen molar-refractivity contribution in [3.8, 4) is 0 Å². The van der Waals surface area contributed by atoms with Gasteiger partial charge in [-0.3, -0.25) is 9.59 Å². The fraction of sp³-hybridized carbons (Fsp3) is 0.0769. The Labute approximate surface area is 121 Å². The van der Waals surface area contributed by atoms with E-state index in [4.69, 9.17) is 11.6 Å². The van der Waals surface area contributed by atoms with E-state index in [1.807, 2.05) is 6.07 Å². The molecule has 0 saturated heterocycles. The van der Waals surface area contributed by atoms with E-state index < -0.39 is 5.56 Å². The molecule has 7 heteroatoms. The van der Waals surface area contributed by atoms with E-state index in [9.17, 15) is 9.59 Å². The molecule has 0 aliphatic heterocycles. The molecule has 0 unspecified atom stereocenters. The normalized spacial score (nSPS) is 12.2. The summed E-state index contributed by atoms with van der Waals surface area (Å²) in [5.41, 5.74) is 0.300. The number of hydrogen-bond acceptors (Lipinski definition) is 5. The van der Waals surface area contributed by atoms with E-state index in [-0.39, 0.29) is 11.3 Å². The zero-order chi connectivity index (χ0) is 14.3. The number of halogens is 1. The Bertz CT molecular complexity index is 977. The van der Waals surface area contributed by atoms with Crippen molar-refractivity contribution < 1.29 is 0 Å². The van der Waals surface area contributed by atoms with Crippen molar-refractivity contribution in [2.45, 2.75) is 6.92 Å². The van der Waals surface area contributed by atoms with Gasteiger partial charge in [0.15, 0.2) is 0 Å². The summed E-state index contributed by atoms with van der Waals surface area (Å²) in [4.78, 5) is 27.8. The summed E-state index contributed by atoms with van der Waals surface area (Å²) >= 11 is 7.03. The predicted molar refractivity (Wildman–Crippen MR) is 78.4 cm³/mol.